The van der Waals surface area contributed by atoms with Crippen LogP contribution in [0, 0.1) is 0 Å². The van der Waals surface area contributed by atoms with E-state index >= 15 is 0 Å². The van der Waals surface area contributed by atoms with Gasteiger partial charge in [-0.3, -0.25) is 0 Å². The Bertz CT molecular complexity index is 460. The molecule has 20 heavy (non-hydrogen) atoms. The summed E-state index contributed by atoms with van der Waals surface area (Å²) in [5.41, 5.74) is 1.49. The van der Waals surface area contributed by atoms with E-state index in [1.54, 1.807) is 0 Å². The molecule has 0 aromatic heterocycles. The Morgan fingerprint density at radius 1 is 1.30 bits per heavy atom. The average molecular weight is 278 g/mol. The van der Waals surface area contributed by atoms with Crippen LogP contribution in [0.3, 0.4) is 0 Å². The lowest BCUT2D eigenvalue weighted by molar-refractivity contribution is -0.168. The Balaban J connectivity index is 1.93. The van der Waals surface area contributed by atoms with E-state index in [9.17, 15) is 5.11 Å². The topological polar surface area (TPSA) is 47.9 Å². The number of hydrogen-bond donors (Lipinski definition) is 1. The predicted molar refractivity (Wildman–Crippen MR) is 75.0 cm³/mol. The molecule has 1 saturated heterocycles. The van der Waals surface area contributed by atoms with Gasteiger partial charge in [-0.05, 0) is 12.5 Å². The molecule has 3 rings (SSSR count). The summed E-state index contributed by atoms with van der Waals surface area (Å²) >= 11 is 0. The van der Waals surface area contributed by atoms with Gasteiger partial charge in [0.05, 0.1) is 6.61 Å². The Morgan fingerprint density at radius 3 is 2.85 bits per heavy atom. The molecule has 4 heteroatoms. The third kappa shape index (κ3) is 2.32. The number of para-hydroxylation sites is 1. The highest BCUT2D eigenvalue weighted by atomic mass is 16.5. The summed E-state index contributed by atoms with van der Waals surface area (Å²) in [7, 11) is 0. The van der Waals surface area contributed by atoms with E-state index in [-0.39, 0.29) is 0 Å². The second kappa shape index (κ2) is 5.72. The van der Waals surface area contributed by atoms with Crippen molar-refractivity contribution in [1.82, 2.24) is 0 Å². The fraction of sp³-hybridized carbons (Fsp3) is 0.625. The summed E-state index contributed by atoms with van der Waals surface area (Å²) in [6, 6.07) is 6.01. The Labute approximate surface area is 119 Å². The molecule has 1 atom stereocenters. The van der Waals surface area contributed by atoms with Crippen molar-refractivity contribution in [2.75, 3.05) is 26.4 Å². The fourth-order valence-corrected chi connectivity index (χ4v) is 3.24. The van der Waals surface area contributed by atoms with E-state index in [0.29, 0.717) is 39.3 Å². The lowest BCUT2D eigenvalue weighted by Crippen LogP contribution is -2.44. The van der Waals surface area contributed by atoms with E-state index in [4.69, 9.17) is 14.2 Å². The predicted octanol–water partition coefficient (Wildman–Crippen LogP) is 2.24. The van der Waals surface area contributed by atoms with Crippen LogP contribution in [0.1, 0.15) is 37.0 Å². The zero-order valence-corrected chi connectivity index (χ0v) is 11.9. The molecule has 2 aliphatic rings. The van der Waals surface area contributed by atoms with Gasteiger partial charge in [-0.1, -0.05) is 18.2 Å². The van der Waals surface area contributed by atoms with Gasteiger partial charge in [-0.25, -0.2) is 0 Å². The zero-order valence-electron chi connectivity index (χ0n) is 11.9. The molecule has 1 aromatic carbocycles. The number of ether oxygens (including phenoxy) is 3. The lowest BCUT2D eigenvalue weighted by atomic mass is 9.83. The van der Waals surface area contributed by atoms with Gasteiger partial charge in [0.1, 0.15) is 17.5 Å². The maximum atomic E-state index is 10.9. The number of hydrogen-bond acceptors (Lipinski definition) is 4. The van der Waals surface area contributed by atoms with Gasteiger partial charge in [-0.15, -0.1) is 0 Å². The van der Waals surface area contributed by atoms with E-state index in [1.807, 2.05) is 19.1 Å². The summed E-state index contributed by atoms with van der Waals surface area (Å²) in [6.45, 7) is 4.52. The van der Waals surface area contributed by atoms with E-state index in [0.717, 1.165) is 17.7 Å². The van der Waals surface area contributed by atoms with Crippen molar-refractivity contribution < 1.29 is 19.3 Å². The SMILES string of the molecule is CCOC1(C(O)c2cccc3c2OCC3)CCOCC1. The Morgan fingerprint density at radius 2 is 2.10 bits per heavy atom. The van der Waals surface area contributed by atoms with Crippen molar-refractivity contribution in [2.24, 2.45) is 0 Å². The van der Waals surface area contributed by atoms with Crippen LogP contribution in [0.4, 0.5) is 0 Å². The van der Waals surface area contributed by atoms with Crippen LogP contribution >= 0.6 is 0 Å². The third-order valence-corrected chi connectivity index (χ3v) is 4.31. The first-order valence-electron chi connectivity index (χ1n) is 7.41. The average Bonchev–Trinajstić information content (AvgIpc) is 2.96. The number of rotatable bonds is 4. The second-order valence-corrected chi connectivity index (χ2v) is 5.45. The summed E-state index contributed by atoms with van der Waals surface area (Å²) in [4.78, 5) is 0. The first-order chi connectivity index (χ1) is 9.77. The molecular formula is C16H22O4. The van der Waals surface area contributed by atoms with Crippen LogP contribution in [0.25, 0.3) is 0 Å². The quantitative estimate of drug-likeness (QED) is 0.917. The highest BCUT2D eigenvalue weighted by Crippen LogP contribution is 2.43. The zero-order chi connectivity index (χ0) is 14.0. The molecule has 0 saturated carbocycles. The van der Waals surface area contributed by atoms with Crippen LogP contribution in [0.5, 0.6) is 5.75 Å². The summed E-state index contributed by atoms with van der Waals surface area (Å²) < 4.78 is 17.1. The normalized spacial score (nSPS) is 22.1. The third-order valence-electron chi connectivity index (χ3n) is 4.31. The van der Waals surface area contributed by atoms with Gasteiger partial charge in [0, 0.05) is 44.6 Å². The van der Waals surface area contributed by atoms with Gasteiger partial charge in [0.25, 0.3) is 0 Å². The van der Waals surface area contributed by atoms with Crippen LogP contribution in [-0.2, 0) is 15.9 Å². The smallest absolute Gasteiger partial charge is 0.128 e. The number of benzene rings is 1. The second-order valence-electron chi connectivity index (χ2n) is 5.45. The monoisotopic (exact) mass is 278 g/mol. The number of fused-ring (bicyclic) bond motifs is 1. The van der Waals surface area contributed by atoms with Crippen LogP contribution in [0.2, 0.25) is 0 Å². The van der Waals surface area contributed by atoms with Crippen molar-refractivity contribution in [3.8, 4) is 5.75 Å². The molecule has 1 fully saturated rings. The highest BCUT2D eigenvalue weighted by molar-refractivity contribution is 5.46. The molecule has 1 unspecified atom stereocenters. The summed E-state index contributed by atoms with van der Waals surface area (Å²) in [5, 5.41) is 10.9. The van der Waals surface area contributed by atoms with Gasteiger partial charge >= 0.3 is 0 Å². The first kappa shape index (κ1) is 13.9. The van der Waals surface area contributed by atoms with E-state index < -0.39 is 11.7 Å². The molecule has 0 spiro atoms. The molecule has 110 valence electrons. The summed E-state index contributed by atoms with van der Waals surface area (Å²) in [5.74, 6) is 0.852. The molecule has 0 aliphatic carbocycles. The fourth-order valence-electron chi connectivity index (χ4n) is 3.24. The van der Waals surface area contributed by atoms with Crippen molar-refractivity contribution in [3.63, 3.8) is 0 Å². The minimum absolute atomic E-state index is 0.548. The van der Waals surface area contributed by atoms with E-state index in [1.165, 1.54) is 5.56 Å². The standard InChI is InChI=1S/C16H22O4/c1-2-20-16(7-10-18-11-8-16)15(17)13-5-3-4-12-6-9-19-14(12)13/h3-5,15,17H,2,6-11H2,1H3. The Kier molecular flexibility index (Phi) is 3.96. The Hall–Kier alpha value is -1.10. The molecule has 0 radical (unpaired) electrons. The lowest BCUT2D eigenvalue weighted by Gasteiger charge is -2.41. The minimum Gasteiger partial charge on any atom is -0.493 e. The van der Waals surface area contributed by atoms with Gasteiger partial charge in [-0.2, -0.15) is 0 Å². The van der Waals surface area contributed by atoms with Crippen LogP contribution in [0.15, 0.2) is 18.2 Å². The van der Waals surface area contributed by atoms with E-state index in [2.05, 4.69) is 6.07 Å². The maximum absolute atomic E-state index is 10.9. The molecule has 2 heterocycles. The van der Waals surface area contributed by atoms with Crippen molar-refractivity contribution in [2.45, 2.75) is 37.9 Å². The summed E-state index contributed by atoms with van der Waals surface area (Å²) in [6.07, 6.45) is 1.68. The van der Waals surface area contributed by atoms with Crippen LogP contribution in [-0.4, -0.2) is 37.1 Å². The number of aliphatic hydroxyl groups is 1. The van der Waals surface area contributed by atoms with Crippen molar-refractivity contribution in [1.29, 1.82) is 0 Å². The molecule has 1 aromatic rings. The molecule has 4 nitrogen and oxygen atoms in total. The molecule has 1 N–H and O–H groups in total. The van der Waals surface area contributed by atoms with Gasteiger partial charge < -0.3 is 19.3 Å². The van der Waals surface area contributed by atoms with Gasteiger partial charge in [0.15, 0.2) is 0 Å². The molecule has 0 bridgehead atoms. The van der Waals surface area contributed by atoms with Crippen LogP contribution < -0.4 is 4.74 Å². The maximum Gasteiger partial charge on any atom is 0.128 e. The van der Waals surface area contributed by atoms with Gasteiger partial charge in [0.2, 0.25) is 0 Å². The van der Waals surface area contributed by atoms with Crippen molar-refractivity contribution >= 4 is 0 Å². The minimum atomic E-state index is -0.667. The largest absolute Gasteiger partial charge is 0.493 e. The molecule has 2 aliphatic heterocycles. The number of aliphatic hydroxyl groups excluding tert-OH is 1. The highest BCUT2D eigenvalue weighted by Gasteiger charge is 2.42. The molecular weight excluding hydrogens is 256 g/mol. The molecule has 0 amide bonds. The van der Waals surface area contributed by atoms with Crippen molar-refractivity contribution in [3.05, 3.63) is 29.3 Å². The first-order valence-corrected chi connectivity index (χ1v) is 7.41.